The molecule has 0 amide bonds. The molecule has 0 aromatic carbocycles. The summed E-state index contributed by atoms with van der Waals surface area (Å²) in [6.45, 7) is 0. The van der Waals surface area contributed by atoms with Crippen molar-refractivity contribution in [2.45, 2.75) is 4.45 Å². The van der Waals surface area contributed by atoms with Gasteiger partial charge >= 0.3 is 0 Å². The summed E-state index contributed by atoms with van der Waals surface area (Å²) in [5.74, 6) is 0.894. The number of alkyl halides is 1. The molecule has 2 heterocycles. The maximum Gasteiger partial charge on any atom is 0.232 e. The Hall–Kier alpha value is -1.04. The van der Waals surface area contributed by atoms with E-state index in [0.717, 1.165) is 0 Å². The Bertz CT molecular complexity index is 315. The zero-order chi connectivity index (χ0) is 7.90. The van der Waals surface area contributed by atoms with Crippen LogP contribution in [0.5, 0.6) is 0 Å². The van der Waals surface area contributed by atoms with Gasteiger partial charge in [0.2, 0.25) is 4.45 Å². The van der Waals surface area contributed by atoms with Crippen LogP contribution < -0.4 is 5.73 Å². The Balaban J connectivity index is 2.56. The first-order valence-corrected chi connectivity index (χ1v) is 3.70. The van der Waals surface area contributed by atoms with Crippen molar-refractivity contribution in [2.24, 2.45) is 25.7 Å². The van der Waals surface area contributed by atoms with Gasteiger partial charge in [0.25, 0.3) is 0 Å². The predicted molar refractivity (Wildman–Crippen MR) is 47.7 cm³/mol. The molecule has 0 fully saturated rings. The summed E-state index contributed by atoms with van der Waals surface area (Å²) >= 11 is 3.29. The van der Waals surface area contributed by atoms with E-state index in [0.29, 0.717) is 11.7 Å². The summed E-state index contributed by atoms with van der Waals surface area (Å²) < 4.78 is -0.790. The summed E-state index contributed by atoms with van der Waals surface area (Å²) in [6, 6.07) is 0. The fraction of sp³-hybridized carbons (Fsp3) is 0.200. The summed E-state index contributed by atoms with van der Waals surface area (Å²) in [5, 5.41) is 0. The van der Waals surface area contributed by atoms with Crippen LogP contribution in [-0.4, -0.2) is 28.8 Å². The van der Waals surface area contributed by atoms with Crippen LogP contribution in [0.2, 0.25) is 0 Å². The van der Waals surface area contributed by atoms with Crippen LogP contribution in [0.3, 0.4) is 0 Å². The van der Waals surface area contributed by atoms with Gasteiger partial charge in [-0.05, 0) is 15.9 Å². The third-order valence-electron chi connectivity index (χ3n) is 1.43. The van der Waals surface area contributed by atoms with Gasteiger partial charge in [-0.1, -0.05) is 0 Å². The van der Waals surface area contributed by atoms with Crippen LogP contribution >= 0.6 is 15.9 Å². The standard InChI is InChI=1S/C5H4BrN5/c6-5-3(7)8-1-9-4(5)10-2-11-5/h1-2H,(H2,7,8,9,10,11). The van der Waals surface area contributed by atoms with Gasteiger partial charge in [0, 0.05) is 0 Å². The molecule has 6 heteroatoms. The van der Waals surface area contributed by atoms with E-state index in [2.05, 4.69) is 35.9 Å². The normalized spacial score (nSPS) is 33.2. The lowest BCUT2D eigenvalue weighted by Crippen LogP contribution is -2.43. The monoisotopic (exact) mass is 213 g/mol. The molecule has 0 aromatic heterocycles. The Kier molecular flexibility index (Phi) is 1.19. The van der Waals surface area contributed by atoms with Gasteiger partial charge in [0.15, 0.2) is 5.84 Å². The summed E-state index contributed by atoms with van der Waals surface area (Å²) in [6.07, 6.45) is 2.78. The Labute approximate surface area is 71.0 Å². The topological polar surface area (TPSA) is 75.5 Å². The van der Waals surface area contributed by atoms with Crippen molar-refractivity contribution in [3.8, 4) is 0 Å². The molecular formula is C5H4BrN5. The molecule has 0 saturated heterocycles. The molecule has 0 radical (unpaired) electrons. The van der Waals surface area contributed by atoms with Crippen LogP contribution in [-0.2, 0) is 0 Å². The number of rotatable bonds is 0. The maximum absolute atomic E-state index is 5.57. The van der Waals surface area contributed by atoms with Gasteiger partial charge in [0.05, 0.1) is 0 Å². The van der Waals surface area contributed by atoms with Crippen LogP contribution in [0.4, 0.5) is 0 Å². The van der Waals surface area contributed by atoms with E-state index in [1.165, 1.54) is 12.7 Å². The molecule has 0 spiro atoms. The van der Waals surface area contributed by atoms with E-state index in [1.807, 2.05) is 0 Å². The minimum atomic E-state index is -0.790. The van der Waals surface area contributed by atoms with Gasteiger partial charge in [0.1, 0.15) is 18.5 Å². The third kappa shape index (κ3) is 0.756. The highest BCUT2D eigenvalue weighted by Crippen LogP contribution is 2.27. The second-order valence-corrected chi connectivity index (χ2v) is 3.23. The molecule has 11 heavy (non-hydrogen) atoms. The lowest BCUT2D eigenvalue weighted by molar-refractivity contribution is 1.07. The number of nitrogens with two attached hydrogens (primary N) is 1. The molecule has 0 saturated carbocycles. The van der Waals surface area contributed by atoms with Crippen molar-refractivity contribution in [2.75, 3.05) is 0 Å². The SMILES string of the molecule is NC1=NC=NC2=NC=NC12Br. The van der Waals surface area contributed by atoms with Crippen molar-refractivity contribution in [3.05, 3.63) is 0 Å². The molecule has 1 atom stereocenters. The molecule has 5 nitrogen and oxygen atoms in total. The third-order valence-corrected chi connectivity index (χ3v) is 2.39. The first-order valence-electron chi connectivity index (χ1n) is 2.90. The van der Waals surface area contributed by atoms with E-state index >= 15 is 0 Å². The van der Waals surface area contributed by atoms with E-state index < -0.39 is 4.45 Å². The number of hydrogen-bond acceptors (Lipinski definition) is 5. The highest BCUT2D eigenvalue weighted by atomic mass is 79.9. The second kappa shape index (κ2) is 1.97. The molecule has 0 aliphatic carbocycles. The summed E-state index contributed by atoms with van der Waals surface area (Å²) in [4.78, 5) is 15.6. The molecule has 2 aliphatic heterocycles. The van der Waals surface area contributed by atoms with Crippen molar-refractivity contribution in [1.82, 2.24) is 0 Å². The number of amidine groups is 2. The second-order valence-electron chi connectivity index (χ2n) is 2.08. The van der Waals surface area contributed by atoms with E-state index in [9.17, 15) is 0 Å². The number of halogens is 1. The van der Waals surface area contributed by atoms with Crippen LogP contribution in [0.1, 0.15) is 0 Å². The fourth-order valence-electron chi connectivity index (χ4n) is 0.837. The van der Waals surface area contributed by atoms with Crippen LogP contribution in [0.15, 0.2) is 20.0 Å². The maximum atomic E-state index is 5.57. The average Bonchev–Trinajstić information content (AvgIpc) is 2.34. The molecule has 1 unspecified atom stereocenters. The molecule has 0 aromatic rings. The Morgan fingerprint density at radius 3 is 2.91 bits per heavy atom. The van der Waals surface area contributed by atoms with Crippen molar-refractivity contribution in [1.29, 1.82) is 0 Å². The van der Waals surface area contributed by atoms with E-state index in [1.54, 1.807) is 0 Å². The average molecular weight is 214 g/mol. The molecule has 2 aliphatic rings. The molecular weight excluding hydrogens is 210 g/mol. The first-order chi connectivity index (χ1) is 5.23. The summed E-state index contributed by atoms with van der Waals surface area (Å²) in [7, 11) is 0. The molecule has 2 rings (SSSR count). The molecule has 56 valence electrons. The van der Waals surface area contributed by atoms with Crippen molar-refractivity contribution < 1.29 is 0 Å². The van der Waals surface area contributed by atoms with Crippen molar-refractivity contribution in [3.63, 3.8) is 0 Å². The number of aliphatic imine (C=N–C) groups is 4. The largest absolute Gasteiger partial charge is 0.384 e. The van der Waals surface area contributed by atoms with Crippen molar-refractivity contribution >= 4 is 40.3 Å². The number of nitrogens with zero attached hydrogens (tertiary/aromatic N) is 4. The van der Waals surface area contributed by atoms with E-state index in [-0.39, 0.29) is 0 Å². The molecule has 0 bridgehead atoms. The Morgan fingerprint density at radius 2 is 2.18 bits per heavy atom. The van der Waals surface area contributed by atoms with Crippen LogP contribution in [0.25, 0.3) is 0 Å². The van der Waals surface area contributed by atoms with Gasteiger partial charge in [-0.25, -0.2) is 20.0 Å². The van der Waals surface area contributed by atoms with Gasteiger partial charge in [-0.15, -0.1) is 0 Å². The predicted octanol–water partition coefficient (Wildman–Crippen LogP) is -0.0829. The minimum Gasteiger partial charge on any atom is -0.384 e. The lowest BCUT2D eigenvalue weighted by atomic mass is 10.2. The minimum absolute atomic E-state index is 0.361. The smallest absolute Gasteiger partial charge is 0.232 e. The lowest BCUT2D eigenvalue weighted by Gasteiger charge is -2.19. The van der Waals surface area contributed by atoms with Gasteiger partial charge in [-0.3, -0.25) is 0 Å². The highest BCUT2D eigenvalue weighted by molar-refractivity contribution is 9.10. The zero-order valence-corrected chi connectivity index (χ0v) is 6.98. The van der Waals surface area contributed by atoms with E-state index in [4.69, 9.17) is 5.73 Å². The fourth-order valence-corrected chi connectivity index (χ4v) is 1.24. The van der Waals surface area contributed by atoms with Gasteiger partial charge < -0.3 is 5.73 Å². The van der Waals surface area contributed by atoms with Gasteiger partial charge in [-0.2, -0.15) is 0 Å². The molecule has 2 N–H and O–H groups in total. The Morgan fingerprint density at radius 1 is 1.36 bits per heavy atom. The highest BCUT2D eigenvalue weighted by Gasteiger charge is 2.40. The zero-order valence-electron chi connectivity index (χ0n) is 5.40. The summed E-state index contributed by atoms with van der Waals surface area (Å²) in [5.41, 5.74) is 5.57. The quantitative estimate of drug-likeness (QED) is 0.444. The number of fused-ring (bicyclic) bond motifs is 1. The first kappa shape index (κ1) is 6.66. The van der Waals surface area contributed by atoms with Crippen LogP contribution in [0, 0.1) is 0 Å². The number of hydrogen-bond donors (Lipinski definition) is 1.